The van der Waals surface area contributed by atoms with E-state index in [0.717, 1.165) is 25.9 Å². The molecule has 0 aromatic heterocycles. The summed E-state index contributed by atoms with van der Waals surface area (Å²) >= 11 is 0. The Morgan fingerprint density at radius 2 is 1.89 bits per heavy atom. The molecule has 102 valence electrons. The predicted octanol–water partition coefficient (Wildman–Crippen LogP) is 0.254. The molecule has 0 aromatic rings. The molecular formula is C13H22N2O3. The van der Waals surface area contributed by atoms with Gasteiger partial charge >= 0.3 is 5.97 Å². The average Bonchev–Trinajstić information content (AvgIpc) is 2.83. The Bertz CT molecular complexity index is 324. The zero-order valence-corrected chi connectivity index (χ0v) is 11.1. The molecule has 5 nitrogen and oxygen atoms in total. The van der Waals surface area contributed by atoms with Crippen molar-refractivity contribution >= 4 is 11.9 Å². The minimum Gasteiger partial charge on any atom is -0.469 e. The molecule has 0 radical (unpaired) electrons. The maximum atomic E-state index is 12.3. The number of hydrogen-bond acceptors (Lipinski definition) is 4. The average molecular weight is 254 g/mol. The highest BCUT2D eigenvalue weighted by Crippen LogP contribution is 2.23. The second kappa shape index (κ2) is 5.69. The Morgan fingerprint density at radius 3 is 2.39 bits per heavy atom. The minimum absolute atomic E-state index is 0.0295. The molecule has 1 N–H and O–H groups in total. The molecule has 0 aliphatic carbocycles. The van der Waals surface area contributed by atoms with E-state index in [9.17, 15) is 9.59 Å². The number of nitrogens with one attached hydrogen (secondary N) is 1. The first-order chi connectivity index (χ1) is 8.63. The summed E-state index contributed by atoms with van der Waals surface area (Å²) in [6, 6.07) is 0. The Kier molecular flexibility index (Phi) is 4.22. The second-order valence-corrected chi connectivity index (χ2v) is 5.36. The number of amides is 1. The van der Waals surface area contributed by atoms with Gasteiger partial charge in [-0.05, 0) is 25.3 Å². The highest BCUT2D eigenvalue weighted by atomic mass is 16.5. The molecule has 2 heterocycles. The Hall–Kier alpha value is -1.10. The van der Waals surface area contributed by atoms with Crippen LogP contribution < -0.4 is 5.32 Å². The summed E-state index contributed by atoms with van der Waals surface area (Å²) in [5.74, 6) is 0.600. The first-order valence-corrected chi connectivity index (χ1v) is 6.70. The van der Waals surface area contributed by atoms with Crippen LogP contribution in [0.25, 0.3) is 0 Å². The van der Waals surface area contributed by atoms with Crippen molar-refractivity contribution in [2.45, 2.75) is 19.8 Å². The van der Waals surface area contributed by atoms with E-state index in [-0.39, 0.29) is 23.7 Å². The zero-order valence-electron chi connectivity index (χ0n) is 11.1. The van der Waals surface area contributed by atoms with Crippen molar-refractivity contribution in [3.05, 3.63) is 0 Å². The van der Waals surface area contributed by atoms with Gasteiger partial charge in [0.05, 0.1) is 18.9 Å². The number of ether oxygens (including phenoxy) is 1. The fraction of sp³-hybridized carbons (Fsp3) is 0.846. The molecule has 2 saturated heterocycles. The molecule has 0 aromatic carbocycles. The van der Waals surface area contributed by atoms with Gasteiger partial charge in [-0.1, -0.05) is 6.92 Å². The lowest BCUT2D eigenvalue weighted by Crippen LogP contribution is -2.44. The number of carbonyl (C=O) groups excluding carboxylic acids is 2. The first-order valence-electron chi connectivity index (χ1n) is 6.70. The quantitative estimate of drug-likeness (QED) is 0.718. The smallest absolute Gasteiger partial charge is 0.308 e. The van der Waals surface area contributed by atoms with Crippen LogP contribution >= 0.6 is 0 Å². The van der Waals surface area contributed by atoms with Crippen molar-refractivity contribution in [1.29, 1.82) is 0 Å². The molecule has 0 unspecified atom stereocenters. The van der Waals surface area contributed by atoms with Gasteiger partial charge in [-0.25, -0.2) is 0 Å². The fourth-order valence-electron chi connectivity index (χ4n) is 2.88. The van der Waals surface area contributed by atoms with E-state index in [4.69, 9.17) is 4.74 Å². The summed E-state index contributed by atoms with van der Waals surface area (Å²) in [7, 11) is 1.42. The number of nitrogens with zero attached hydrogens (tertiary/aromatic N) is 1. The highest BCUT2D eigenvalue weighted by Gasteiger charge is 2.35. The van der Waals surface area contributed by atoms with E-state index in [2.05, 4.69) is 12.2 Å². The van der Waals surface area contributed by atoms with Crippen LogP contribution in [0.3, 0.4) is 0 Å². The normalized spacial score (nSPS) is 29.3. The van der Waals surface area contributed by atoms with Crippen LogP contribution in [0.15, 0.2) is 0 Å². The predicted molar refractivity (Wildman–Crippen MR) is 66.8 cm³/mol. The van der Waals surface area contributed by atoms with Gasteiger partial charge in [-0.2, -0.15) is 0 Å². The molecule has 5 heteroatoms. The summed E-state index contributed by atoms with van der Waals surface area (Å²) in [5.41, 5.74) is 0. The molecule has 2 rings (SSSR count). The third-order valence-electron chi connectivity index (χ3n) is 4.18. The van der Waals surface area contributed by atoms with Gasteiger partial charge in [0.15, 0.2) is 0 Å². The van der Waals surface area contributed by atoms with Crippen molar-refractivity contribution in [3.8, 4) is 0 Å². The van der Waals surface area contributed by atoms with Crippen LogP contribution in [0, 0.1) is 17.8 Å². The minimum atomic E-state index is -0.141. The Morgan fingerprint density at radius 1 is 1.22 bits per heavy atom. The van der Waals surface area contributed by atoms with Crippen LogP contribution in [0.5, 0.6) is 0 Å². The van der Waals surface area contributed by atoms with Gasteiger partial charge in [0.2, 0.25) is 5.91 Å². The maximum absolute atomic E-state index is 12.3. The Labute approximate surface area is 108 Å². The summed E-state index contributed by atoms with van der Waals surface area (Å²) in [6.45, 7) is 5.19. The van der Waals surface area contributed by atoms with Crippen LogP contribution in [0.1, 0.15) is 19.8 Å². The number of carbonyl (C=O) groups is 2. The zero-order chi connectivity index (χ0) is 13.1. The van der Waals surface area contributed by atoms with Crippen molar-refractivity contribution < 1.29 is 14.3 Å². The van der Waals surface area contributed by atoms with Crippen molar-refractivity contribution in [2.75, 3.05) is 33.3 Å². The molecule has 2 aliphatic rings. The maximum Gasteiger partial charge on any atom is 0.308 e. The highest BCUT2D eigenvalue weighted by molar-refractivity contribution is 5.80. The molecule has 2 fully saturated rings. The van der Waals surface area contributed by atoms with E-state index >= 15 is 0 Å². The van der Waals surface area contributed by atoms with Gasteiger partial charge in [-0.15, -0.1) is 0 Å². The second-order valence-electron chi connectivity index (χ2n) is 5.36. The summed E-state index contributed by atoms with van der Waals surface area (Å²) in [5, 5.41) is 3.26. The summed E-state index contributed by atoms with van der Waals surface area (Å²) in [6.07, 6.45) is 1.46. The third-order valence-corrected chi connectivity index (χ3v) is 4.18. The standard InChI is InChI=1S/C13H22N2O3/c1-9-7-14-8-11(9)12(16)15-5-3-10(4-6-15)13(17)18-2/h9-11,14H,3-8H2,1-2H3/t9-,11-/m1/s1. The molecule has 0 spiro atoms. The van der Waals surface area contributed by atoms with Crippen LogP contribution in [-0.2, 0) is 14.3 Å². The summed E-state index contributed by atoms with van der Waals surface area (Å²) in [4.78, 5) is 25.7. The molecule has 2 atom stereocenters. The monoisotopic (exact) mass is 254 g/mol. The number of esters is 1. The number of likely N-dealkylation sites (tertiary alicyclic amines) is 1. The van der Waals surface area contributed by atoms with Gasteiger partial charge in [0, 0.05) is 19.6 Å². The van der Waals surface area contributed by atoms with Crippen molar-refractivity contribution in [2.24, 2.45) is 17.8 Å². The van der Waals surface area contributed by atoms with E-state index in [1.807, 2.05) is 4.90 Å². The molecule has 2 aliphatic heterocycles. The van der Waals surface area contributed by atoms with Crippen molar-refractivity contribution in [1.82, 2.24) is 10.2 Å². The van der Waals surface area contributed by atoms with Crippen LogP contribution in [0.2, 0.25) is 0 Å². The molecule has 0 bridgehead atoms. The molecule has 18 heavy (non-hydrogen) atoms. The number of rotatable bonds is 2. The number of piperidine rings is 1. The first kappa shape index (κ1) is 13.3. The number of methoxy groups -OCH3 is 1. The lowest BCUT2D eigenvalue weighted by atomic mass is 9.93. The van der Waals surface area contributed by atoms with E-state index in [1.165, 1.54) is 7.11 Å². The van der Waals surface area contributed by atoms with Gasteiger partial charge in [0.25, 0.3) is 0 Å². The van der Waals surface area contributed by atoms with E-state index in [1.54, 1.807) is 0 Å². The van der Waals surface area contributed by atoms with Crippen LogP contribution in [0.4, 0.5) is 0 Å². The molecular weight excluding hydrogens is 232 g/mol. The largest absolute Gasteiger partial charge is 0.469 e. The molecule has 1 amide bonds. The fourth-order valence-corrected chi connectivity index (χ4v) is 2.88. The van der Waals surface area contributed by atoms with Gasteiger partial charge < -0.3 is 15.0 Å². The number of hydrogen-bond donors (Lipinski definition) is 1. The van der Waals surface area contributed by atoms with Crippen LogP contribution in [-0.4, -0.2) is 50.1 Å². The lowest BCUT2D eigenvalue weighted by molar-refractivity contribution is -0.149. The molecule has 0 saturated carbocycles. The SMILES string of the molecule is COC(=O)C1CCN(C(=O)[C@@H]2CNC[C@H]2C)CC1. The van der Waals surface area contributed by atoms with Crippen molar-refractivity contribution in [3.63, 3.8) is 0 Å². The lowest BCUT2D eigenvalue weighted by Gasteiger charge is -2.33. The third kappa shape index (κ3) is 2.66. The van der Waals surface area contributed by atoms with Gasteiger partial charge in [0.1, 0.15) is 0 Å². The van der Waals surface area contributed by atoms with Gasteiger partial charge in [-0.3, -0.25) is 9.59 Å². The van der Waals surface area contributed by atoms with E-state index in [0.29, 0.717) is 19.0 Å². The summed E-state index contributed by atoms with van der Waals surface area (Å²) < 4.78 is 4.75. The topological polar surface area (TPSA) is 58.6 Å². The van der Waals surface area contributed by atoms with E-state index < -0.39 is 0 Å². The Balaban J connectivity index is 1.86.